The molecule has 0 radical (unpaired) electrons. The third-order valence-corrected chi connectivity index (χ3v) is 2.19. The fraction of sp³-hybridized carbons (Fsp3) is 0. The van der Waals surface area contributed by atoms with Crippen molar-refractivity contribution in [2.24, 2.45) is 0 Å². The van der Waals surface area contributed by atoms with Gasteiger partial charge < -0.3 is 10.5 Å². The second-order valence-electron chi connectivity index (χ2n) is 3.42. The van der Waals surface area contributed by atoms with Crippen LogP contribution in [-0.4, -0.2) is 0 Å². The van der Waals surface area contributed by atoms with Crippen LogP contribution in [-0.2, 0) is 0 Å². The Kier molecular flexibility index (Phi) is 2.93. The van der Waals surface area contributed by atoms with Crippen LogP contribution in [0.25, 0.3) is 0 Å². The van der Waals surface area contributed by atoms with Crippen LogP contribution >= 0.6 is 0 Å². The average Bonchev–Trinajstić information content (AvgIpc) is 2.34. The number of nitrogens with zero attached hydrogens (tertiary/aromatic N) is 1. The van der Waals surface area contributed by atoms with E-state index in [9.17, 15) is 4.39 Å². The smallest absolute Gasteiger partial charge is 0.128 e. The highest BCUT2D eigenvalue weighted by molar-refractivity contribution is 5.57. The molecule has 0 aliphatic rings. The van der Waals surface area contributed by atoms with Crippen LogP contribution in [0.1, 0.15) is 5.56 Å². The monoisotopic (exact) mass is 228 g/mol. The lowest BCUT2D eigenvalue weighted by Crippen LogP contribution is -1.91. The van der Waals surface area contributed by atoms with E-state index in [0.29, 0.717) is 22.7 Å². The van der Waals surface area contributed by atoms with Gasteiger partial charge in [0, 0.05) is 11.8 Å². The van der Waals surface area contributed by atoms with Gasteiger partial charge in [-0.15, -0.1) is 0 Å². The Morgan fingerprint density at radius 2 is 1.71 bits per heavy atom. The van der Waals surface area contributed by atoms with Crippen molar-refractivity contribution < 1.29 is 9.13 Å². The third-order valence-electron chi connectivity index (χ3n) is 2.19. The predicted octanol–water partition coefficient (Wildman–Crippen LogP) is 3.07. The van der Waals surface area contributed by atoms with E-state index in [1.165, 1.54) is 24.3 Å². The fourth-order valence-electron chi connectivity index (χ4n) is 1.33. The first-order chi connectivity index (χ1) is 8.19. The van der Waals surface area contributed by atoms with Gasteiger partial charge in [-0.3, -0.25) is 0 Å². The number of hydrogen-bond acceptors (Lipinski definition) is 3. The molecule has 0 heterocycles. The fourth-order valence-corrected chi connectivity index (χ4v) is 1.33. The molecule has 4 heteroatoms. The van der Waals surface area contributed by atoms with Crippen molar-refractivity contribution in [3.63, 3.8) is 0 Å². The molecule has 84 valence electrons. The summed E-state index contributed by atoms with van der Waals surface area (Å²) < 4.78 is 18.1. The number of nitrogens with two attached hydrogens (primary N) is 1. The van der Waals surface area contributed by atoms with Crippen molar-refractivity contribution in [1.29, 1.82) is 5.26 Å². The molecule has 2 N–H and O–H groups in total. The Morgan fingerprint density at radius 1 is 1.06 bits per heavy atom. The maximum atomic E-state index is 12.7. The number of ether oxygens (including phenoxy) is 1. The van der Waals surface area contributed by atoms with Crippen molar-refractivity contribution in [2.45, 2.75) is 0 Å². The van der Waals surface area contributed by atoms with Gasteiger partial charge >= 0.3 is 0 Å². The quantitative estimate of drug-likeness (QED) is 0.803. The highest BCUT2D eigenvalue weighted by Gasteiger charge is 2.02. The van der Waals surface area contributed by atoms with Crippen LogP contribution in [0.2, 0.25) is 0 Å². The number of halogens is 1. The molecule has 0 atom stereocenters. The van der Waals surface area contributed by atoms with Crippen molar-refractivity contribution in [3.8, 4) is 17.6 Å². The Bertz CT molecular complexity index is 573. The van der Waals surface area contributed by atoms with Crippen LogP contribution in [0, 0.1) is 17.1 Å². The lowest BCUT2D eigenvalue weighted by molar-refractivity contribution is 0.480. The van der Waals surface area contributed by atoms with Crippen LogP contribution in [0.3, 0.4) is 0 Å². The minimum atomic E-state index is -0.327. The Balaban J connectivity index is 2.25. The topological polar surface area (TPSA) is 59.0 Å². The lowest BCUT2D eigenvalue weighted by atomic mass is 10.2. The number of hydrogen-bond donors (Lipinski definition) is 1. The first-order valence-electron chi connectivity index (χ1n) is 4.92. The van der Waals surface area contributed by atoms with E-state index in [0.717, 1.165) is 0 Å². The Morgan fingerprint density at radius 3 is 2.35 bits per heavy atom. The number of benzene rings is 2. The van der Waals surface area contributed by atoms with Crippen LogP contribution < -0.4 is 10.5 Å². The van der Waals surface area contributed by atoms with Crippen LogP contribution in [0.15, 0.2) is 42.5 Å². The molecule has 0 unspecified atom stereocenters. The van der Waals surface area contributed by atoms with Gasteiger partial charge in [0.25, 0.3) is 0 Å². The first kappa shape index (κ1) is 11.0. The molecule has 0 saturated carbocycles. The van der Waals surface area contributed by atoms with Crippen LogP contribution in [0.5, 0.6) is 11.5 Å². The van der Waals surface area contributed by atoms with Gasteiger partial charge in [-0.25, -0.2) is 4.39 Å². The van der Waals surface area contributed by atoms with E-state index in [1.54, 1.807) is 18.2 Å². The van der Waals surface area contributed by atoms with Gasteiger partial charge in [-0.2, -0.15) is 5.26 Å². The Labute approximate surface area is 97.9 Å². The van der Waals surface area contributed by atoms with E-state index in [2.05, 4.69) is 0 Å². The zero-order chi connectivity index (χ0) is 12.3. The molecule has 0 amide bonds. The molecule has 0 spiro atoms. The molecule has 0 aromatic heterocycles. The molecule has 0 bridgehead atoms. The highest BCUT2D eigenvalue weighted by Crippen LogP contribution is 2.24. The summed E-state index contributed by atoms with van der Waals surface area (Å²) in [4.78, 5) is 0. The number of nitrogen functional groups attached to an aromatic ring is 1. The van der Waals surface area contributed by atoms with Gasteiger partial charge in [0.1, 0.15) is 23.4 Å². The van der Waals surface area contributed by atoms with Gasteiger partial charge in [0.05, 0.1) is 5.56 Å². The van der Waals surface area contributed by atoms with Gasteiger partial charge in [-0.05, 0) is 36.4 Å². The minimum Gasteiger partial charge on any atom is -0.457 e. The molecular formula is C13H9FN2O. The third kappa shape index (κ3) is 2.52. The molecule has 3 nitrogen and oxygen atoms in total. The summed E-state index contributed by atoms with van der Waals surface area (Å²) in [6.07, 6.45) is 0. The lowest BCUT2D eigenvalue weighted by Gasteiger charge is -2.06. The highest BCUT2D eigenvalue weighted by atomic mass is 19.1. The van der Waals surface area contributed by atoms with E-state index in [-0.39, 0.29) is 5.82 Å². The van der Waals surface area contributed by atoms with Crippen molar-refractivity contribution in [3.05, 3.63) is 53.8 Å². The average molecular weight is 228 g/mol. The minimum absolute atomic E-state index is 0.327. The zero-order valence-corrected chi connectivity index (χ0v) is 8.85. The molecule has 0 saturated heterocycles. The maximum Gasteiger partial charge on any atom is 0.128 e. The van der Waals surface area contributed by atoms with E-state index < -0.39 is 0 Å². The van der Waals surface area contributed by atoms with Crippen molar-refractivity contribution in [1.82, 2.24) is 0 Å². The summed E-state index contributed by atoms with van der Waals surface area (Å²) in [6, 6.07) is 12.4. The summed E-state index contributed by atoms with van der Waals surface area (Å²) in [5.41, 5.74) is 6.34. The first-order valence-corrected chi connectivity index (χ1v) is 4.92. The van der Waals surface area contributed by atoms with E-state index in [1.807, 2.05) is 6.07 Å². The van der Waals surface area contributed by atoms with Gasteiger partial charge in [0.2, 0.25) is 0 Å². The Hall–Kier alpha value is -2.54. The summed E-state index contributed by atoms with van der Waals surface area (Å²) in [6.45, 7) is 0. The van der Waals surface area contributed by atoms with Crippen molar-refractivity contribution >= 4 is 5.69 Å². The maximum absolute atomic E-state index is 12.7. The van der Waals surface area contributed by atoms with E-state index in [4.69, 9.17) is 15.7 Å². The second kappa shape index (κ2) is 4.54. The number of nitriles is 1. The van der Waals surface area contributed by atoms with Crippen LogP contribution in [0.4, 0.5) is 10.1 Å². The van der Waals surface area contributed by atoms with E-state index >= 15 is 0 Å². The number of rotatable bonds is 2. The zero-order valence-electron chi connectivity index (χ0n) is 8.85. The summed E-state index contributed by atoms with van der Waals surface area (Å²) in [5, 5.41) is 8.81. The predicted molar refractivity (Wildman–Crippen MR) is 62.0 cm³/mol. The molecule has 0 aliphatic carbocycles. The summed E-state index contributed by atoms with van der Waals surface area (Å²) >= 11 is 0. The largest absolute Gasteiger partial charge is 0.457 e. The molecule has 2 aromatic carbocycles. The summed E-state index contributed by atoms with van der Waals surface area (Å²) in [5.74, 6) is 0.662. The number of anilines is 1. The molecule has 0 aliphatic heterocycles. The second-order valence-corrected chi connectivity index (χ2v) is 3.42. The summed E-state index contributed by atoms with van der Waals surface area (Å²) in [7, 11) is 0. The van der Waals surface area contributed by atoms with Gasteiger partial charge in [-0.1, -0.05) is 0 Å². The van der Waals surface area contributed by atoms with Crippen molar-refractivity contribution in [2.75, 3.05) is 5.73 Å². The molecular weight excluding hydrogens is 219 g/mol. The molecule has 2 aromatic rings. The standard InChI is InChI=1S/C13H9FN2O/c14-10-1-3-11(4-2-10)17-12-5-6-13(16)9(7-12)8-15/h1-7H,16H2. The SMILES string of the molecule is N#Cc1cc(Oc2ccc(F)cc2)ccc1N. The van der Waals surface area contributed by atoms with Gasteiger partial charge in [0.15, 0.2) is 0 Å². The molecule has 2 rings (SSSR count). The molecule has 17 heavy (non-hydrogen) atoms. The normalized spacial score (nSPS) is 9.65. The molecule has 0 fully saturated rings.